The number of amides is 1. The number of hydrogen-bond donors (Lipinski definition) is 1. The number of nitro benzene ring substituents is 1. The molecule has 0 aromatic heterocycles. The standard InChI is InChI=1S/C14H20FN3O3/c1-3-17(4-2)14(19)7-8-16-10-11-5-6-13(18(20)21)12(15)9-11/h5-6,9,16H,3-4,7-8,10H2,1-2H3. The molecule has 0 unspecified atom stereocenters. The Morgan fingerprint density at radius 3 is 2.57 bits per heavy atom. The molecule has 1 aromatic rings. The van der Waals surface area contributed by atoms with Crippen molar-refractivity contribution in [2.45, 2.75) is 26.8 Å². The first-order valence-corrected chi connectivity index (χ1v) is 6.90. The molecule has 0 radical (unpaired) electrons. The van der Waals surface area contributed by atoms with E-state index in [1.54, 1.807) is 4.90 Å². The summed E-state index contributed by atoms with van der Waals surface area (Å²) in [5.41, 5.74) is 0.0730. The van der Waals surface area contributed by atoms with Crippen LogP contribution >= 0.6 is 0 Å². The Balaban J connectivity index is 2.41. The summed E-state index contributed by atoms with van der Waals surface area (Å²) in [4.78, 5) is 23.2. The summed E-state index contributed by atoms with van der Waals surface area (Å²) in [6.45, 7) is 6.06. The Kier molecular flexibility index (Phi) is 6.74. The molecule has 7 heteroatoms. The zero-order valence-corrected chi connectivity index (χ0v) is 12.3. The first kappa shape index (κ1) is 17.0. The SMILES string of the molecule is CCN(CC)C(=O)CCNCc1ccc([N+](=O)[O-])c(F)c1. The largest absolute Gasteiger partial charge is 0.343 e. The number of carbonyl (C=O) groups excluding carboxylic acids is 1. The van der Waals surface area contributed by atoms with Crippen LogP contribution in [0.5, 0.6) is 0 Å². The zero-order chi connectivity index (χ0) is 15.8. The van der Waals surface area contributed by atoms with Gasteiger partial charge in [0.25, 0.3) is 0 Å². The van der Waals surface area contributed by atoms with Crippen LogP contribution in [0.4, 0.5) is 10.1 Å². The lowest BCUT2D eigenvalue weighted by Gasteiger charge is -2.18. The minimum atomic E-state index is -0.849. The predicted molar refractivity (Wildman–Crippen MR) is 77.3 cm³/mol. The summed E-state index contributed by atoms with van der Waals surface area (Å²) in [6, 6.07) is 3.78. The van der Waals surface area contributed by atoms with E-state index in [-0.39, 0.29) is 5.91 Å². The van der Waals surface area contributed by atoms with E-state index in [1.165, 1.54) is 6.07 Å². The Morgan fingerprint density at radius 1 is 1.38 bits per heavy atom. The van der Waals surface area contributed by atoms with Gasteiger partial charge in [0.05, 0.1) is 4.92 Å². The van der Waals surface area contributed by atoms with Crippen LogP contribution in [0.25, 0.3) is 0 Å². The van der Waals surface area contributed by atoms with Crippen molar-refractivity contribution < 1.29 is 14.1 Å². The Morgan fingerprint density at radius 2 is 2.05 bits per heavy atom. The molecule has 116 valence electrons. The van der Waals surface area contributed by atoms with E-state index in [0.29, 0.717) is 38.2 Å². The van der Waals surface area contributed by atoms with Gasteiger partial charge in [-0.1, -0.05) is 6.07 Å². The normalized spacial score (nSPS) is 10.4. The van der Waals surface area contributed by atoms with E-state index < -0.39 is 16.4 Å². The van der Waals surface area contributed by atoms with E-state index in [2.05, 4.69) is 5.32 Å². The maximum atomic E-state index is 13.4. The summed E-state index contributed by atoms with van der Waals surface area (Å²) >= 11 is 0. The van der Waals surface area contributed by atoms with Crippen molar-refractivity contribution in [3.63, 3.8) is 0 Å². The number of nitro groups is 1. The smallest absolute Gasteiger partial charge is 0.304 e. The summed E-state index contributed by atoms with van der Waals surface area (Å²) in [5.74, 6) is -0.777. The molecule has 0 aliphatic heterocycles. The van der Waals surface area contributed by atoms with Crippen LogP contribution in [0.1, 0.15) is 25.8 Å². The van der Waals surface area contributed by atoms with E-state index in [0.717, 1.165) is 12.1 Å². The molecule has 6 nitrogen and oxygen atoms in total. The second kappa shape index (κ2) is 8.31. The van der Waals surface area contributed by atoms with Gasteiger partial charge in [-0.3, -0.25) is 14.9 Å². The van der Waals surface area contributed by atoms with Gasteiger partial charge in [-0.15, -0.1) is 0 Å². The van der Waals surface area contributed by atoms with Gasteiger partial charge in [0, 0.05) is 38.7 Å². The molecule has 0 heterocycles. The number of nitrogens with zero attached hydrogens (tertiary/aromatic N) is 2. The molecule has 0 atom stereocenters. The molecular formula is C14H20FN3O3. The Hall–Kier alpha value is -2.02. The van der Waals surface area contributed by atoms with Gasteiger partial charge in [0.2, 0.25) is 11.7 Å². The van der Waals surface area contributed by atoms with Crippen molar-refractivity contribution >= 4 is 11.6 Å². The first-order valence-electron chi connectivity index (χ1n) is 6.90. The molecule has 0 aliphatic rings. The van der Waals surface area contributed by atoms with Crippen molar-refractivity contribution in [3.8, 4) is 0 Å². The highest BCUT2D eigenvalue weighted by molar-refractivity contribution is 5.76. The third-order valence-corrected chi connectivity index (χ3v) is 3.17. The Bertz CT molecular complexity index is 504. The van der Waals surface area contributed by atoms with E-state index in [9.17, 15) is 19.3 Å². The molecule has 1 rings (SSSR count). The molecule has 0 fully saturated rings. The fraction of sp³-hybridized carbons (Fsp3) is 0.500. The molecule has 21 heavy (non-hydrogen) atoms. The molecule has 0 aliphatic carbocycles. The third-order valence-electron chi connectivity index (χ3n) is 3.17. The minimum absolute atomic E-state index is 0.0716. The summed E-state index contributed by atoms with van der Waals surface area (Å²) in [5, 5.41) is 13.5. The van der Waals surface area contributed by atoms with Gasteiger partial charge in [0.15, 0.2) is 0 Å². The van der Waals surface area contributed by atoms with Crippen LogP contribution in [-0.4, -0.2) is 35.4 Å². The highest BCUT2D eigenvalue weighted by Gasteiger charge is 2.13. The van der Waals surface area contributed by atoms with Crippen LogP contribution in [-0.2, 0) is 11.3 Å². The van der Waals surface area contributed by atoms with E-state index in [4.69, 9.17) is 0 Å². The minimum Gasteiger partial charge on any atom is -0.343 e. The monoisotopic (exact) mass is 297 g/mol. The first-order chi connectivity index (χ1) is 9.99. The molecule has 1 amide bonds. The van der Waals surface area contributed by atoms with Crippen LogP contribution in [0.2, 0.25) is 0 Å². The fourth-order valence-electron chi connectivity index (χ4n) is 1.97. The van der Waals surface area contributed by atoms with Crippen LogP contribution in [0.3, 0.4) is 0 Å². The van der Waals surface area contributed by atoms with Gasteiger partial charge >= 0.3 is 5.69 Å². The van der Waals surface area contributed by atoms with E-state index >= 15 is 0 Å². The highest BCUT2D eigenvalue weighted by Crippen LogP contribution is 2.17. The number of benzene rings is 1. The summed E-state index contributed by atoms with van der Waals surface area (Å²) < 4.78 is 13.4. The number of halogens is 1. The molecular weight excluding hydrogens is 277 g/mol. The van der Waals surface area contributed by atoms with Gasteiger partial charge < -0.3 is 10.2 Å². The average molecular weight is 297 g/mol. The Labute approximate surface area is 123 Å². The predicted octanol–water partition coefficient (Wildman–Crippen LogP) is 2.08. The molecule has 1 aromatic carbocycles. The van der Waals surface area contributed by atoms with Gasteiger partial charge in [0.1, 0.15) is 0 Å². The summed E-state index contributed by atoms with van der Waals surface area (Å²) in [6.07, 6.45) is 0.372. The topological polar surface area (TPSA) is 75.5 Å². The van der Waals surface area contributed by atoms with Gasteiger partial charge in [-0.05, 0) is 25.5 Å². The molecule has 0 bridgehead atoms. The number of hydrogen-bond acceptors (Lipinski definition) is 4. The van der Waals surface area contributed by atoms with Gasteiger partial charge in [-0.25, -0.2) is 0 Å². The maximum absolute atomic E-state index is 13.4. The maximum Gasteiger partial charge on any atom is 0.304 e. The number of rotatable bonds is 8. The lowest BCUT2D eigenvalue weighted by Crippen LogP contribution is -2.32. The molecule has 0 spiro atoms. The molecule has 1 N–H and O–H groups in total. The van der Waals surface area contributed by atoms with Crippen molar-refractivity contribution in [2.24, 2.45) is 0 Å². The van der Waals surface area contributed by atoms with Crippen LogP contribution in [0, 0.1) is 15.9 Å². The fourth-order valence-corrected chi connectivity index (χ4v) is 1.97. The number of carbonyl (C=O) groups is 1. The second-order valence-corrected chi connectivity index (χ2v) is 4.54. The van der Waals surface area contributed by atoms with Crippen molar-refractivity contribution in [2.75, 3.05) is 19.6 Å². The van der Waals surface area contributed by atoms with Gasteiger partial charge in [-0.2, -0.15) is 4.39 Å². The summed E-state index contributed by atoms with van der Waals surface area (Å²) in [7, 11) is 0. The second-order valence-electron chi connectivity index (χ2n) is 4.54. The molecule has 0 saturated carbocycles. The van der Waals surface area contributed by atoms with Crippen LogP contribution in [0.15, 0.2) is 18.2 Å². The average Bonchev–Trinajstić information content (AvgIpc) is 2.44. The lowest BCUT2D eigenvalue weighted by molar-refractivity contribution is -0.387. The van der Waals surface area contributed by atoms with Crippen molar-refractivity contribution in [1.29, 1.82) is 0 Å². The lowest BCUT2D eigenvalue weighted by atomic mass is 10.2. The van der Waals surface area contributed by atoms with Crippen molar-refractivity contribution in [3.05, 3.63) is 39.7 Å². The number of nitrogens with one attached hydrogen (secondary N) is 1. The van der Waals surface area contributed by atoms with E-state index in [1.807, 2.05) is 13.8 Å². The van der Waals surface area contributed by atoms with Crippen molar-refractivity contribution in [1.82, 2.24) is 10.2 Å². The highest BCUT2D eigenvalue weighted by atomic mass is 19.1. The molecule has 0 saturated heterocycles. The third kappa shape index (κ3) is 5.11. The quantitative estimate of drug-likeness (QED) is 0.453. The van der Waals surface area contributed by atoms with Crippen LogP contribution < -0.4 is 5.32 Å². The zero-order valence-electron chi connectivity index (χ0n) is 12.3.